The molecule has 1 aliphatic rings. The molecule has 1 N–H and O–H groups in total. The largest absolute Gasteiger partial charge is 0.451 e. The number of esters is 1. The lowest BCUT2D eigenvalue weighted by atomic mass is 10.0. The van der Waals surface area contributed by atoms with Gasteiger partial charge in [-0.15, -0.1) is 0 Å². The van der Waals surface area contributed by atoms with E-state index in [0.29, 0.717) is 0 Å². The van der Waals surface area contributed by atoms with Crippen molar-refractivity contribution < 1.29 is 24.2 Å². The van der Waals surface area contributed by atoms with Crippen LogP contribution in [-0.2, 0) is 14.3 Å². The van der Waals surface area contributed by atoms with Crippen LogP contribution in [0.4, 0.5) is 4.79 Å². The Morgan fingerprint density at radius 3 is 2.00 bits per heavy atom. The van der Waals surface area contributed by atoms with Crippen molar-refractivity contribution in [2.24, 2.45) is 0 Å². The summed E-state index contributed by atoms with van der Waals surface area (Å²) in [6, 6.07) is 18.0. The van der Waals surface area contributed by atoms with Crippen molar-refractivity contribution in [2.75, 3.05) is 6.54 Å². The van der Waals surface area contributed by atoms with Gasteiger partial charge in [0.1, 0.15) is 11.6 Å². The number of ether oxygens (including phenoxy) is 2. The molecule has 1 heterocycles. The SMILES string of the molecule is CC(C)(C)OC(=O)N1C[C@@H](O)C[C@@H]1C(=O)OC(c1ccccc1)c1ccccc1. The zero-order valence-electron chi connectivity index (χ0n) is 16.9. The molecular weight excluding hydrogens is 370 g/mol. The standard InChI is InChI=1S/C23H27NO5/c1-23(2,3)29-22(27)24-15-18(25)14-19(24)21(26)28-20(16-10-6-4-7-11-16)17-12-8-5-9-13-17/h4-13,18-20,25H,14-15H2,1-3H3/t18-,19+/m0/s1. The fourth-order valence-corrected chi connectivity index (χ4v) is 3.34. The summed E-state index contributed by atoms with van der Waals surface area (Å²) in [4.78, 5) is 26.8. The molecule has 0 radical (unpaired) electrons. The zero-order valence-corrected chi connectivity index (χ0v) is 16.9. The number of hydrogen-bond donors (Lipinski definition) is 1. The van der Waals surface area contributed by atoms with Gasteiger partial charge in [-0.2, -0.15) is 0 Å². The third-order valence-electron chi connectivity index (χ3n) is 4.62. The summed E-state index contributed by atoms with van der Waals surface area (Å²) in [6.45, 7) is 5.30. The summed E-state index contributed by atoms with van der Waals surface area (Å²) in [5.74, 6) is -0.565. The first-order chi connectivity index (χ1) is 13.7. The van der Waals surface area contributed by atoms with Crippen molar-refractivity contribution in [3.63, 3.8) is 0 Å². The molecular formula is C23H27NO5. The highest BCUT2D eigenvalue weighted by Crippen LogP contribution is 2.29. The van der Waals surface area contributed by atoms with Gasteiger partial charge in [-0.3, -0.25) is 4.90 Å². The third kappa shape index (κ3) is 5.35. The number of aliphatic hydroxyl groups excluding tert-OH is 1. The Balaban J connectivity index is 1.82. The number of likely N-dealkylation sites (tertiary alicyclic amines) is 1. The van der Waals surface area contributed by atoms with Gasteiger partial charge < -0.3 is 14.6 Å². The average molecular weight is 397 g/mol. The fourth-order valence-electron chi connectivity index (χ4n) is 3.34. The number of aliphatic hydroxyl groups is 1. The first kappa shape index (κ1) is 20.9. The second-order valence-corrected chi connectivity index (χ2v) is 8.18. The van der Waals surface area contributed by atoms with Gasteiger partial charge >= 0.3 is 12.1 Å². The molecule has 0 aliphatic carbocycles. The van der Waals surface area contributed by atoms with E-state index in [2.05, 4.69) is 0 Å². The summed E-state index contributed by atoms with van der Waals surface area (Å²) in [7, 11) is 0. The topological polar surface area (TPSA) is 76.1 Å². The molecule has 2 aromatic carbocycles. The van der Waals surface area contributed by atoms with Gasteiger partial charge in [-0.1, -0.05) is 60.7 Å². The van der Waals surface area contributed by atoms with Crippen molar-refractivity contribution in [3.05, 3.63) is 71.8 Å². The number of hydrogen-bond acceptors (Lipinski definition) is 5. The van der Waals surface area contributed by atoms with Gasteiger partial charge in [0.15, 0.2) is 6.10 Å². The van der Waals surface area contributed by atoms with Crippen molar-refractivity contribution >= 4 is 12.1 Å². The van der Waals surface area contributed by atoms with Crippen molar-refractivity contribution in [1.29, 1.82) is 0 Å². The van der Waals surface area contributed by atoms with Crippen LogP contribution >= 0.6 is 0 Å². The van der Waals surface area contributed by atoms with Crippen LogP contribution in [0.15, 0.2) is 60.7 Å². The normalized spacial score (nSPS) is 19.3. The lowest BCUT2D eigenvalue weighted by Crippen LogP contribution is -2.44. The molecule has 154 valence electrons. The molecule has 6 nitrogen and oxygen atoms in total. The van der Waals surface area contributed by atoms with Crippen LogP contribution in [0.1, 0.15) is 44.4 Å². The third-order valence-corrected chi connectivity index (χ3v) is 4.62. The quantitative estimate of drug-likeness (QED) is 0.797. The van der Waals surface area contributed by atoms with E-state index in [9.17, 15) is 14.7 Å². The maximum absolute atomic E-state index is 13.0. The Morgan fingerprint density at radius 1 is 1.00 bits per heavy atom. The highest BCUT2D eigenvalue weighted by Gasteiger charge is 2.42. The summed E-state index contributed by atoms with van der Waals surface area (Å²) >= 11 is 0. The number of amides is 1. The van der Waals surface area contributed by atoms with Crippen LogP contribution in [0.5, 0.6) is 0 Å². The lowest BCUT2D eigenvalue weighted by Gasteiger charge is -2.28. The van der Waals surface area contributed by atoms with Crippen LogP contribution in [0.3, 0.4) is 0 Å². The number of carbonyl (C=O) groups excluding carboxylic acids is 2. The minimum atomic E-state index is -0.894. The average Bonchev–Trinajstić information content (AvgIpc) is 3.08. The molecule has 1 saturated heterocycles. The summed E-state index contributed by atoms with van der Waals surface area (Å²) < 4.78 is 11.3. The molecule has 0 saturated carbocycles. The molecule has 2 atom stereocenters. The van der Waals surface area contributed by atoms with Gasteiger partial charge in [-0.05, 0) is 31.9 Å². The van der Waals surface area contributed by atoms with Crippen LogP contribution < -0.4 is 0 Å². The van der Waals surface area contributed by atoms with E-state index < -0.39 is 35.9 Å². The lowest BCUT2D eigenvalue weighted by molar-refractivity contribution is -0.152. The monoisotopic (exact) mass is 397 g/mol. The summed E-state index contributed by atoms with van der Waals surface area (Å²) in [5.41, 5.74) is 0.958. The highest BCUT2D eigenvalue weighted by atomic mass is 16.6. The fraction of sp³-hybridized carbons (Fsp3) is 0.391. The van der Waals surface area contributed by atoms with Gasteiger partial charge in [-0.25, -0.2) is 9.59 Å². The highest BCUT2D eigenvalue weighted by molar-refractivity contribution is 5.82. The van der Waals surface area contributed by atoms with Crippen LogP contribution in [0.25, 0.3) is 0 Å². The van der Waals surface area contributed by atoms with E-state index in [1.807, 2.05) is 60.7 Å². The van der Waals surface area contributed by atoms with Gasteiger partial charge in [0.2, 0.25) is 0 Å². The molecule has 0 unspecified atom stereocenters. The Hall–Kier alpha value is -2.86. The first-order valence-electron chi connectivity index (χ1n) is 9.72. The van der Waals surface area contributed by atoms with E-state index in [1.54, 1.807) is 20.8 Å². The zero-order chi connectivity index (χ0) is 21.0. The Labute approximate surface area is 171 Å². The number of nitrogens with zero attached hydrogens (tertiary/aromatic N) is 1. The molecule has 1 fully saturated rings. The minimum absolute atomic E-state index is 0.0377. The van der Waals surface area contributed by atoms with Crippen LogP contribution in [0, 0.1) is 0 Å². The maximum atomic E-state index is 13.0. The van der Waals surface area contributed by atoms with Crippen LogP contribution in [0.2, 0.25) is 0 Å². The van der Waals surface area contributed by atoms with E-state index in [4.69, 9.17) is 9.47 Å². The number of benzene rings is 2. The summed E-state index contributed by atoms with van der Waals surface area (Å²) in [6.07, 6.45) is -1.92. The molecule has 6 heteroatoms. The Morgan fingerprint density at radius 2 is 1.52 bits per heavy atom. The molecule has 0 aromatic heterocycles. The van der Waals surface area contributed by atoms with E-state index >= 15 is 0 Å². The molecule has 29 heavy (non-hydrogen) atoms. The Kier molecular flexibility index (Phi) is 6.23. The Bertz CT molecular complexity index is 792. The maximum Gasteiger partial charge on any atom is 0.411 e. The number of carbonyl (C=O) groups is 2. The van der Waals surface area contributed by atoms with Crippen molar-refractivity contribution in [1.82, 2.24) is 4.90 Å². The molecule has 0 spiro atoms. The summed E-state index contributed by atoms with van der Waals surface area (Å²) in [5, 5.41) is 10.1. The smallest absolute Gasteiger partial charge is 0.411 e. The van der Waals surface area contributed by atoms with E-state index in [1.165, 1.54) is 4.90 Å². The first-order valence-corrected chi connectivity index (χ1v) is 9.72. The molecule has 0 bridgehead atoms. The van der Waals surface area contributed by atoms with Crippen LogP contribution in [-0.4, -0.2) is 46.4 Å². The molecule has 2 aromatic rings. The van der Waals surface area contributed by atoms with E-state index in [-0.39, 0.29) is 13.0 Å². The second kappa shape index (κ2) is 8.66. The van der Waals surface area contributed by atoms with Gasteiger partial charge in [0, 0.05) is 6.42 Å². The van der Waals surface area contributed by atoms with Gasteiger partial charge in [0.25, 0.3) is 0 Å². The number of β-amino-alcohol motifs (C(OH)–C–C–N with tert-alkyl or cyclic N) is 1. The minimum Gasteiger partial charge on any atom is -0.451 e. The molecule has 1 aliphatic heterocycles. The van der Waals surface area contributed by atoms with Gasteiger partial charge in [0.05, 0.1) is 12.6 Å². The molecule has 3 rings (SSSR count). The second-order valence-electron chi connectivity index (χ2n) is 8.18. The van der Waals surface area contributed by atoms with Crippen molar-refractivity contribution in [3.8, 4) is 0 Å². The number of rotatable bonds is 4. The predicted molar refractivity (Wildman–Crippen MR) is 108 cm³/mol. The van der Waals surface area contributed by atoms with E-state index in [0.717, 1.165) is 11.1 Å². The molecule has 1 amide bonds. The predicted octanol–water partition coefficient (Wildman–Crippen LogP) is 3.69. The van der Waals surface area contributed by atoms with Crippen molar-refractivity contribution in [2.45, 2.75) is 51.0 Å².